The zero-order chi connectivity index (χ0) is 14.8. The van der Waals surface area contributed by atoms with Crippen molar-refractivity contribution in [3.05, 3.63) is 29.0 Å². The maximum absolute atomic E-state index is 13.5. The van der Waals surface area contributed by atoms with Gasteiger partial charge < -0.3 is 0 Å². The second-order valence-electron chi connectivity index (χ2n) is 3.61. The van der Waals surface area contributed by atoms with Crippen LogP contribution in [-0.2, 0) is 12.6 Å². The van der Waals surface area contributed by atoms with Gasteiger partial charge in [0, 0.05) is 6.42 Å². The maximum Gasteiger partial charge on any atom is 0.418 e. The Hall–Kier alpha value is -1.66. The van der Waals surface area contributed by atoms with Crippen LogP contribution in [0.2, 0.25) is 0 Å². The summed E-state index contributed by atoms with van der Waals surface area (Å²) in [6.07, 6.45) is -4.17. The number of rotatable bonds is 1. The summed E-state index contributed by atoms with van der Waals surface area (Å²) in [7, 11) is 0. The van der Waals surface area contributed by atoms with Gasteiger partial charge in [-0.2, -0.15) is 18.3 Å². The zero-order valence-corrected chi connectivity index (χ0v) is 11.1. The monoisotopic (exact) mass is 277 g/mol. The van der Waals surface area contributed by atoms with Crippen LogP contribution >= 0.6 is 0 Å². The van der Waals surface area contributed by atoms with Crippen LogP contribution in [0.25, 0.3) is 5.65 Å². The highest BCUT2D eigenvalue weighted by Crippen LogP contribution is 2.32. The van der Waals surface area contributed by atoms with Crippen molar-refractivity contribution in [2.75, 3.05) is 0 Å². The summed E-state index contributed by atoms with van der Waals surface area (Å²) >= 11 is 0. The predicted octanol–water partition coefficient (Wildman–Crippen LogP) is 3.78. The van der Waals surface area contributed by atoms with Crippen LogP contribution < -0.4 is 0 Å². The Balaban J connectivity index is 0.000000861. The van der Waals surface area contributed by atoms with Gasteiger partial charge in [-0.05, 0) is 13.0 Å². The molecule has 106 valence electrons. The van der Waals surface area contributed by atoms with E-state index < -0.39 is 17.6 Å². The largest absolute Gasteiger partial charge is 0.418 e. The summed E-state index contributed by atoms with van der Waals surface area (Å²) in [5.41, 5.74) is -1.37. The lowest BCUT2D eigenvalue weighted by atomic mass is 10.2. The first-order chi connectivity index (χ1) is 8.84. The highest BCUT2D eigenvalue weighted by atomic mass is 19.4. The third-order valence-electron chi connectivity index (χ3n) is 2.46. The molecule has 0 saturated carbocycles. The van der Waals surface area contributed by atoms with Crippen molar-refractivity contribution in [2.45, 2.75) is 40.3 Å². The Bertz CT molecular complexity index is 572. The van der Waals surface area contributed by atoms with Gasteiger partial charge in [0.2, 0.25) is 0 Å². The van der Waals surface area contributed by atoms with E-state index in [4.69, 9.17) is 0 Å². The molecule has 7 heteroatoms. The number of alkyl halides is 3. The van der Waals surface area contributed by atoms with Crippen molar-refractivity contribution in [1.82, 2.24) is 14.6 Å². The van der Waals surface area contributed by atoms with Gasteiger partial charge in [-0.1, -0.05) is 20.8 Å². The SMILES string of the molecule is CC.CCc1nc2c(F)cc(C(F)(F)F)c(C)n2n1. The van der Waals surface area contributed by atoms with Crippen molar-refractivity contribution in [3.63, 3.8) is 0 Å². The minimum absolute atomic E-state index is 0.166. The summed E-state index contributed by atoms with van der Waals surface area (Å²) < 4.78 is 52.2. The van der Waals surface area contributed by atoms with Crippen LogP contribution in [0.4, 0.5) is 17.6 Å². The molecular weight excluding hydrogens is 262 g/mol. The van der Waals surface area contributed by atoms with Crippen LogP contribution in [0.1, 0.15) is 37.9 Å². The van der Waals surface area contributed by atoms with Gasteiger partial charge in [-0.15, -0.1) is 0 Å². The summed E-state index contributed by atoms with van der Waals surface area (Å²) in [4.78, 5) is 3.82. The molecule has 0 atom stereocenters. The van der Waals surface area contributed by atoms with Crippen molar-refractivity contribution in [3.8, 4) is 0 Å². The maximum atomic E-state index is 13.5. The van der Waals surface area contributed by atoms with E-state index in [1.54, 1.807) is 6.92 Å². The zero-order valence-electron chi connectivity index (χ0n) is 11.1. The van der Waals surface area contributed by atoms with Crippen LogP contribution in [0.5, 0.6) is 0 Å². The lowest BCUT2D eigenvalue weighted by molar-refractivity contribution is -0.138. The quantitative estimate of drug-likeness (QED) is 0.742. The number of pyridine rings is 1. The Kier molecular flexibility index (Phi) is 4.49. The van der Waals surface area contributed by atoms with Gasteiger partial charge in [0.1, 0.15) is 0 Å². The van der Waals surface area contributed by atoms with Crippen LogP contribution in [0, 0.1) is 12.7 Å². The molecule has 19 heavy (non-hydrogen) atoms. The third kappa shape index (κ3) is 2.85. The van der Waals surface area contributed by atoms with E-state index in [0.29, 0.717) is 18.3 Å². The molecule has 0 aliphatic heterocycles. The van der Waals surface area contributed by atoms with Crippen LogP contribution in [0.3, 0.4) is 0 Å². The van der Waals surface area contributed by atoms with E-state index in [1.165, 1.54) is 6.92 Å². The molecule has 0 aromatic carbocycles. The summed E-state index contributed by atoms with van der Waals surface area (Å²) in [6, 6.07) is 0.457. The number of aromatic nitrogens is 3. The van der Waals surface area contributed by atoms with Crippen LogP contribution in [-0.4, -0.2) is 14.6 Å². The van der Waals surface area contributed by atoms with Crippen molar-refractivity contribution in [2.24, 2.45) is 0 Å². The molecular formula is C12H15F4N3. The van der Waals surface area contributed by atoms with Gasteiger partial charge in [0.25, 0.3) is 0 Å². The molecule has 0 amide bonds. The first-order valence-corrected chi connectivity index (χ1v) is 5.96. The van der Waals surface area contributed by atoms with E-state index in [-0.39, 0.29) is 11.3 Å². The Morgan fingerprint density at radius 2 is 1.84 bits per heavy atom. The lowest BCUT2D eigenvalue weighted by Crippen LogP contribution is -2.12. The molecule has 2 aromatic heterocycles. The van der Waals surface area contributed by atoms with Crippen molar-refractivity contribution >= 4 is 5.65 Å². The summed E-state index contributed by atoms with van der Waals surface area (Å²) in [5.74, 6) is -0.707. The van der Waals surface area contributed by atoms with E-state index in [2.05, 4.69) is 10.1 Å². The smallest absolute Gasteiger partial charge is 0.215 e. The first-order valence-electron chi connectivity index (χ1n) is 5.96. The Morgan fingerprint density at radius 3 is 2.32 bits per heavy atom. The van der Waals surface area contributed by atoms with E-state index >= 15 is 0 Å². The number of hydrogen-bond acceptors (Lipinski definition) is 2. The number of halogens is 4. The van der Waals surface area contributed by atoms with Gasteiger partial charge >= 0.3 is 6.18 Å². The molecule has 0 aliphatic rings. The average molecular weight is 277 g/mol. The summed E-state index contributed by atoms with van der Waals surface area (Å²) in [6.45, 7) is 6.98. The fourth-order valence-electron chi connectivity index (χ4n) is 1.59. The minimum Gasteiger partial charge on any atom is -0.215 e. The number of nitrogens with zero attached hydrogens (tertiary/aromatic N) is 3. The van der Waals surface area contributed by atoms with Gasteiger partial charge in [-0.3, -0.25) is 0 Å². The highest BCUT2D eigenvalue weighted by molar-refractivity contribution is 5.44. The number of hydrogen-bond donors (Lipinski definition) is 0. The molecule has 0 aliphatic carbocycles. The molecule has 3 nitrogen and oxygen atoms in total. The third-order valence-corrected chi connectivity index (χ3v) is 2.46. The van der Waals surface area contributed by atoms with Gasteiger partial charge in [0.15, 0.2) is 17.3 Å². The Labute approximate surface area is 108 Å². The predicted molar refractivity (Wildman–Crippen MR) is 63.4 cm³/mol. The molecule has 0 N–H and O–H groups in total. The van der Waals surface area contributed by atoms with Crippen LogP contribution in [0.15, 0.2) is 6.07 Å². The second kappa shape index (κ2) is 5.54. The number of fused-ring (bicyclic) bond motifs is 1. The molecule has 0 radical (unpaired) electrons. The van der Waals surface area contributed by atoms with Crippen molar-refractivity contribution < 1.29 is 17.6 Å². The molecule has 2 aromatic rings. The first kappa shape index (κ1) is 15.4. The Morgan fingerprint density at radius 1 is 1.26 bits per heavy atom. The fraction of sp³-hybridized carbons (Fsp3) is 0.500. The van der Waals surface area contributed by atoms with Gasteiger partial charge in [-0.25, -0.2) is 13.9 Å². The lowest BCUT2D eigenvalue weighted by Gasteiger charge is -2.10. The fourth-order valence-corrected chi connectivity index (χ4v) is 1.59. The molecule has 0 saturated heterocycles. The number of aryl methyl sites for hydroxylation is 2. The van der Waals surface area contributed by atoms with E-state index in [0.717, 1.165) is 4.52 Å². The summed E-state index contributed by atoms with van der Waals surface area (Å²) in [5, 5.41) is 3.83. The standard InChI is InChI=1S/C10H9F4N3.C2H6/c1-3-8-15-9-7(11)4-6(10(12,13)14)5(2)17(9)16-8;1-2/h4H,3H2,1-2H3;1-2H3. The van der Waals surface area contributed by atoms with Crippen molar-refractivity contribution in [1.29, 1.82) is 0 Å². The minimum atomic E-state index is -4.60. The van der Waals surface area contributed by atoms with E-state index in [9.17, 15) is 17.6 Å². The normalized spacial score (nSPS) is 11.4. The van der Waals surface area contributed by atoms with E-state index in [1.807, 2.05) is 13.8 Å². The average Bonchev–Trinajstić information content (AvgIpc) is 2.80. The second-order valence-corrected chi connectivity index (χ2v) is 3.61. The highest BCUT2D eigenvalue weighted by Gasteiger charge is 2.35. The molecule has 2 heterocycles. The molecule has 0 fully saturated rings. The molecule has 2 rings (SSSR count). The van der Waals surface area contributed by atoms with Gasteiger partial charge in [0.05, 0.1) is 11.3 Å². The molecule has 0 unspecified atom stereocenters. The molecule has 0 spiro atoms. The molecule has 0 bridgehead atoms. The topological polar surface area (TPSA) is 30.2 Å².